The largest absolute Gasteiger partial charge is 0.350 e. The molecule has 17 heavy (non-hydrogen) atoms. The summed E-state index contributed by atoms with van der Waals surface area (Å²) >= 11 is 0. The number of rotatable bonds is 3. The fourth-order valence-electron chi connectivity index (χ4n) is 1.47. The molecule has 1 atom stereocenters. The highest BCUT2D eigenvalue weighted by atomic mass is 16.1. The zero-order chi connectivity index (χ0) is 12.7. The standard InChI is InChI=1S/C14H18N2O/c1-3-14(17)16-11(2)13-8-4-6-12(10-13)7-5-9-15/h4,6,8,10-11H,3,9,15H2,1-2H3,(H,16,17). The van der Waals surface area contributed by atoms with Gasteiger partial charge in [-0.3, -0.25) is 4.79 Å². The summed E-state index contributed by atoms with van der Waals surface area (Å²) < 4.78 is 0. The monoisotopic (exact) mass is 230 g/mol. The van der Waals surface area contributed by atoms with Crippen molar-refractivity contribution in [2.75, 3.05) is 6.54 Å². The summed E-state index contributed by atoms with van der Waals surface area (Å²) in [7, 11) is 0. The molecule has 0 spiro atoms. The molecule has 0 aliphatic rings. The molecule has 1 rings (SSSR count). The Morgan fingerprint density at radius 2 is 2.29 bits per heavy atom. The second-order valence-electron chi connectivity index (χ2n) is 3.77. The lowest BCUT2D eigenvalue weighted by Crippen LogP contribution is -2.25. The van der Waals surface area contributed by atoms with Crippen LogP contribution in [0, 0.1) is 11.8 Å². The summed E-state index contributed by atoms with van der Waals surface area (Å²) in [5, 5.41) is 2.92. The van der Waals surface area contributed by atoms with Crippen molar-refractivity contribution in [3.63, 3.8) is 0 Å². The molecular weight excluding hydrogens is 212 g/mol. The molecule has 3 heteroatoms. The predicted octanol–water partition coefficient (Wildman–Crippen LogP) is 1.58. The molecule has 1 aromatic carbocycles. The molecule has 0 aromatic heterocycles. The van der Waals surface area contributed by atoms with E-state index in [0.717, 1.165) is 11.1 Å². The number of nitrogens with one attached hydrogen (secondary N) is 1. The van der Waals surface area contributed by atoms with E-state index in [-0.39, 0.29) is 11.9 Å². The Kier molecular flexibility index (Phi) is 5.25. The smallest absolute Gasteiger partial charge is 0.220 e. The number of carbonyl (C=O) groups excluding carboxylic acids is 1. The van der Waals surface area contributed by atoms with Gasteiger partial charge < -0.3 is 11.1 Å². The van der Waals surface area contributed by atoms with Crippen LogP contribution in [-0.4, -0.2) is 12.5 Å². The number of benzene rings is 1. The Bertz CT molecular complexity index is 443. The molecule has 1 unspecified atom stereocenters. The number of nitrogens with two attached hydrogens (primary N) is 1. The lowest BCUT2D eigenvalue weighted by Gasteiger charge is -2.13. The van der Waals surface area contributed by atoms with Gasteiger partial charge >= 0.3 is 0 Å². The van der Waals surface area contributed by atoms with Crippen LogP contribution in [0.5, 0.6) is 0 Å². The summed E-state index contributed by atoms with van der Waals surface area (Å²) in [5.41, 5.74) is 7.30. The van der Waals surface area contributed by atoms with E-state index in [1.54, 1.807) is 0 Å². The van der Waals surface area contributed by atoms with E-state index in [2.05, 4.69) is 17.2 Å². The first kappa shape index (κ1) is 13.3. The summed E-state index contributed by atoms with van der Waals surface area (Å²) in [6, 6.07) is 7.82. The zero-order valence-corrected chi connectivity index (χ0v) is 10.3. The Labute approximate surface area is 102 Å². The van der Waals surface area contributed by atoms with Crippen LogP contribution in [0.4, 0.5) is 0 Å². The van der Waals surface area contributed by atoms with Gasteiger partial charge in [0.25, 0.3) is 0 Å². The van der Waals surface area contributed by atoms with Crippen molar-refractivity contribution in [3.05, 3.63) is 35.4 Å². The maximum atomic E-state index is 11.3. The van der Waals surface area contributed by atoms with Crippen molar-refractivity contribution >= 4 is 5.91 Å². The normalized spacial score (nSPS) is 11.2. The van der Waals surface area contributed by atoms with E-state index < -0.39 is 0 Å². The first-order valence-electron chi connectivity index (χ1n) is 5.75. The second-order valence-corrected chi connectivity index (χ2v) is 3.77. The van der Waals surface area contributed by atoms with Crippen molar-refractivity contribution in [1.29, 1.82) is 0 Å². The summed E-state index contributed by atoms with van der Waals surface area (Å²) in [4.78, 5) is 11.3. The zero-order valence-electron chi connectivity index (χ0n) is 10.3. The SMILES string of the molecule is CCC(=O)NC(C)c1cccc(C#CCN)c1. The fourth-order valence-corrected chi connectivity index (χ4v) is 1.47. The predicted molar refractivity (Wildman–Crippen MR) is 69.2 cm³/mol. The molecule has 0 fully saturated rings. The molecule has 1 amide bonds. The van der Waals surface area contributed by atoms with Crippen molar-refractivity contribution in [1.82, 2.24) is 5.32 Å². The quantitative estimate of drug-likeness (QED) is 0.775. The van der Waals surface area contributed by atoms with Gasteiger partial charge in [-0.15, -0.1) is 0 Å². The van der Waals surface area contributed by atoms with Gasteiger partial charge in [-0.2, -0.15) is 0 Å². The summed E-state index contributed by atoms with van der Waals surface area (Å²) in [6.45, 7) is 4.15. The third-order valence-electron chi connectivity index (χ3n) is 2.42. The Morgan fingerprint density at radius 3 is 2.94 bits per heavy atom. The van der Waals surface area contributed by atoms with E-state index in [1.165, 1.54) is 0 Å². The maximum Gasteiger partial charge on any atom is 0.220 e. The van der Waals surface area contributed by atoms with Crippen LogP contribution < -0.4 is 11.1 Å². The molecular formula is C14H18N2O. The van der Waals surface area contributed by atoms with Crippen LogP contribution >= 0.6 is 0 Å². The molecule has 0 aliphatic carbocycles. The minimum Gasteiger partial charge on any atom is -0.350 e. The minimum absolute atomic E-state index is 0.00192. The van der Waals surface area contributed by atoms with E-state index in [9.17, 15) is 4.79 Å². The van der Waals surface area contributed by atoms with Gasteiger partial charge in [0.2, 0.25) is 5.91 Å². The lowest BCUT2D eigenvalue weighted by molar-refractivity contribution is -0.121. The van der Waals surface area contributed by atoms with E-state index in [1.807, 2.05) is 38.1 Å². The first-order chi connectivity index (χ1) is 8.17. The number of carbonyl (C=O) groups is 1. The fraction of sp³-hybridized carbons (Fsp3) is 0.357. The van der Waals surface area contributed by atoms with Gasteiger partial charge in [0, 0.05) is 12.0 Å². The Morgan fingerprint density at radius 1 is 1.53 bits per heavy atom. The second kappa shape index (κ2) is 6.72. The van der Waals surface area contributed by atoms with Crippen LogP contribution in [0.1, 0.15) is 37.4 Å². The lowest BCUT2D eigenvalue weighted by atomic mass is 10.1. The van der Waals surface area contributed by atoms with E-state index in [0.29, 0.717) is 13.0 Å². The molecule has 0 aliphatic heterocycles. The molecule has 0 bridgehead atoms. The number of hydrogen-bond acceptors (Lipinski definition) is 2. The van der Waals surface area contributed by atoms with Crippen LogP contribution in [0.2, 0.25) is 0 Å². The minimum atomic E-state index is 0.00192. The highest BCUT2D eigenvalue weighted by molar-refractivity contribution is 5.76. The van der Waals surface area contributed by atoms with Gasteiger partial charge in [-0.1, -0.05) is 30.9 Å². The Hall–Kier alpha value is -1.79. The molecule has 3 nitrogen and oxygen atoms in total. The van der Waals surface area contributed by atoms with E-state index >= 15 is 0 Å². The van der Waals surface area contributed by atoms with Crippen LogP contribution in [0.3, 0.4) is 0 Å². The number of hydrogen-bond donors (Lipinski definition) is 2. The highest BCUT2D eigenvalue weighted by Gasteiger charge is 2.07. The molecule has 3 N–H and O–H groups in total. The topological polar surface area (TPSA) is 55.1 Å². The summed E-state index contributed by atoms with van der Waals surface area (Å²) in [5.74, 6) is 5.84. The molecule has 0 saturated heterocycles. The van der Waals surface area contributed by atoms with Gasteiger partial charge in [-0.25, -0.2) is 0 Å². The average Bonchev–Trinajstić information content (AvgIpc) is 2.36. The van der Waals surface area contributed by atoms with Crippen LogP contribution in [0.25, 0.3) is 0 Å². The molecule has 0 radical (unpaired) electrons. The summed E-state index contributed by atoms with van der Waals surface area (Å²) in [6.07, 6.45) is 0.497. The van der Waals surface area contributed by atoms with Gasteiger partial charge in [0.05, 0.1) is 12.6 Å². The van der Waals surface area contributed by atoms with Crippen LogP contribution in [0.15, 0.2) is 24.3 Å². The molecule has 90 valence electrons. The van der Waals surface area contributed by atoms with Crippen molar-refractivity contribution in [3.8, 4) is 11.8 Å². The van der Waals surface area contributed by atoms with Gasteiger partial charge in [-0.05, 0) is 24.6 Å². The average molecular weight is 230 g/mol. The van der Waals surface area contributed by atoms with Crippen molar-refractivity contribution < 1.29 is 4.79 Å². The Balaban J connectivity index is 2.80. The van der Waals surface area contributed by atoms with E-state index in [4.69, 9.17) is 5.73 Å². The van der Waals surface area contributed by atoms with Gasteiger partial charge in [0.1, 0.15) is 0 Å². The third kappa shape index (κ3) is 4.29. The van der Waals surface area contributed by atoms with Crippen molar-refractivity contribution in [2.45, 2.75) is 26.3 Å². The van der Waals surface area contributed by atoms with Crippen LogP contribution in [-0.2, 0) is 4.79 Å². The highest BCUT2D eigenvalue weighted by Crippen LogP contribution is 2.13. The molecule has 0 heterocycles. The number of amides is 1. The third-order valence-corrected chi connectivity index (χ3v) is 2.42. The van der Waals surface area contributed by atoms with Gasteiger partial charge in [0.15, 0.2) is 0 Å². The maximum absolute atomic E-state index is 11.3. The van der Waals surface area contributed by atoms with Crippen molar-refractivity contribution in [2.24, 2.45) is 5.73 Å². The first-order valence-corrected chi connectivity index (χ1v) is 5.75. The molecule has 0 saturated carbocycles. The molecule has 1 aromatic rings.